The molecular weight excluding hydrogens is 382 g/mol. The predicted molar refractivity (Wildman–Crippen MR) is 112 cm³/mol. The minimum atomic E-state index is -0.880. The lowest BCUT2D eigenvalue weighted by molar-refractivity contribution is -0.151. The maximum Gasteiger partial charge on any atom is 0.336 e. The molecule has 1 N–H and O–H groups in total. The zero-order valence-corrected chi connectivity index (χ0v) is 18.2. The van der Waals surface area contributed by atoms with Gasteiger partial charge in [0.25, 0.3) is 0 Å². The Bertz CT molecular complexity index is 925. The average Bonchev–Trinajstić information content (AvgIpc) is 2.71. The Kier molecular flexibility index (Phi) is 6.44. The highest BCUT2D eigenvalue weighted by molar-refractivity contribution is 6.12. The lowest BCUT2D eigenvalue weighted by Crippen LogP contribution is -2.43. The van der Waals surface area contributed by atoms with Gasteiger partial charge in [-0.15, -0.1) is 0 Å². The summed E-state index contributed by atoms with van der Waals surface area (Å²) in [5.74, 6) is -2.94. The number of ketones is 1. The third-order valence-corrected chi connectivity index (χ3v) is 5.81. The first-order valence-corrected chi connectivity index (χ1v) is 10.4. The Morgan fingerprint density at radius 2 is 1.83 bits per heavy atom. The number of aryl methyl sites for hydroxylation is 1. The van der Waals surface area contributed by atoms with Crippen LogP contribution in [0.1, 0.15) is 50.7 Å². The van der Waals surface area contributed by atoms with Crippen LogP contribution in [0.25, 0.3) is 0 Å². The molecule has 0 spiro atoms. The molecule has 1 aliphatic carbocycles. The van der Waals surface area contributed by atoms with E-state index in [9.17, 15) is 14.4 Å². The maximum absolute atomic E-state index is 13.5. The molecule has 6 nitrogen and oxygen atoms in total. The monoisotopic (exact) mass is 411 g/mol. The molecule has 0 saturated heterocycles. The lowest BCUT2D eigenvalue weighted by atomic mass is 9.69. The number of esters is 2. The van der Waals surface area contributed by atoms with Crippen LogP contribution < -0.4 is 5.32 Å². The van der Waals surface area contributed by atoms with Crippen molar-refractivity contribution in [3.63, 3.8) is 0 Å². The SMILES string of the molecule is CCCOC(=O)C1=C(C)NC2=C(C(=O)[C@@H](C(=O)OC)[C@@H](C)C2)[C@@H]1c1ccc(C)cc1. The normalized spacial score (nSPS) is 23.6. The summed E-state index contributed by atoms with van der Waals surface area (Å²) in [6.07, 6.45) is 1.23. The number of nitrogens with one attached hydrogen (secondary N) is 1. The average molecular weight is 411 g/mol. The van der Waals surface area contributed by atoms with E-state index in [4.69, 9.17) is 9.47 Å². The molecule has 0 saturated carbocycles. The highest BCUT2D eigenvalue weighted by Gasteiger charge is 2.47. The number of benzene rings is 1. The molecule has 6 heteroatoms. The highest BCUT2D eigenvalue weighted by Crippen LogP contribution is 2.45. The quantitative estimate of drug-likeness (QED) is 0.589. The Labute approximate surface area is 177 Å². The van der Waals surface area contributed by atoms with Gasteiger partial charge in [-0.2, -0.15) is 0 Å². The third-order valence-electron chi connectivity index (χ3n) is 5.81. The van der Waals surface area contributed by atoms with Crippen LogP contribution in [0, 0.1) is 18.8 Å². The number of hydrogen-bond donors (Lipinski definition) is 1. The summed E-state index contributed by atoms with van der Waals surface area (Å²) in [6, 6.07) is 7.76. The van der Waals surface area contributed by atoms with Crippen molar-refractivity contribution < 1.29 is 23.9 Å². The molecule has 3 rings (SSSR count). The Morgan fingerprint density at radius 3 is 2.43 bits per heavy atom. The van der Waals surface area contributed by atoms with Gasteiger partial charge in [0.15, 0.2) is 5.78 Å². The minimum Gasteiger partial charge on any atom is -0.468 e. The van der Waals surface area contributed by atoms with Crippen molar-refractivity contribution in [2.24, 2.45) is 11.8 Å². The van der Waals surface area contributed by atoms with Gasteiger partial charge in [0.05, 0.1) is 19.3 Å². The second kappa shape index (κ2) is 8.86. The Morgan fingerprint density at radius 1 is 1.17 bits per heavy atom. The smallest absolute Gasteiger partial charge is 0.336 e. The van der Waals surface area contributed by atoms with Crippen molar-refractivity contribution in [1.82, 2.24) is 5.32 Å². The van der Waals surface area contributed by atoms with Gasteiger partial charge in [-0.3, -0.25) is 9.59 Å². The van der Waals surface area contributed by atoms with E-state index in [1.807, 2.05) is 52.0 Å². The first-order valence-electron chi connectivity index (χ1n) is 10.4. The van der Waals surface area contributed by atoms with Crippen LogP contribution in [-0.4, -0.2) is 31.4 Å². The summed E-state index contributed by atoms with van der Waals surface area (Å²) in [5, 5.41) is 3.26. The van der Waals surface area contributed by atoms with Crippen molar-refractivity contribution in [2.45, 2.75) is 46.5 Å². The van der Waals surface area contributed by atoms with Crippen LogP contribution in [0.5, 0.6) is 0 Å². The third kappa shape index (κ3) is 3.91. The van der Waals surface area contributed by atoms with Crippen LogP contribution in [0.2, 0.25) is 0 Å². The number of dihydropyridines is 1. The number of allylic oxidation sites excluding steroid dienone is 3. The van der Waals surface area contributed by atoms with E-state index in [-0.39, 0.29) is 11.7 Å². The number of carbonyl (C=O) groups excluding carboxylic acids is 3. The molecule has 2 aliphatic rings. The van der Waals surface area contributed by atoms with Gasteiger partial charge in [0.2, 0.25) is 0 Å². The first kappa shape index (κ1) is 21.8. The van der Waals surface area contributed by atoms with Gasteiger partial charge in [0.1, 0.15) is 5.92 Å². The van der Waals surface area contributed by atoms with Gasteiger partial charge in [-0.05, 0) is 38.2 Å². The van der Waals surface area contributed by atoms with E-state index in [2.05, 4.69) is 5.32 Å². The van der Waals surface area contributed by atoms with E-state index in [1.165, 1.54) is 7.11 Å². The molecule has 160 valence electrons. The highest BCUT2D eigenvalue weighted by atomic mass is 16.5. The van der Waals surface area contributed by atoms with Crippen LogP contribution in [-0.2, 0) is 23.9 Å². The topological polar surface area (TPSA) is 81.7 Å². The number of rotatable bonds is 5. The number of carbonyl (C=O) groups is 3. The second-order valence-electron chi connectivity index (χ2n) is 8.08. The van der Waals surface area contributed by atoms with Crippen molar-refractivity contribution in [1.29, 1.82) is 0 Å². The minimum absolute atomic E-state index is 0.198. The van der Waals surface area contributed by atoms with E-state index in [1.54, 1.807) is 0 Å². The molecule has 0 bridgehead atoms. The van der Waals surface area contributed by atoms with Gasteiger partial charge >= 0.3 is 11.9 Å². The molecule has 1 aliphatic heterocycles. The van der Waals surface area contributed by atoms with Gasteiger partial charge in [-0.25, -0.2) is 4.79 Å². The number of Topliss-reactive ketones (excluding diaryl/α,β-unsaturated/α-hetero) is 1. The molecule has 3 atom stereocenters. The molecule has 1 heterocycles. The molecular formula is C24H29NO5. The fraction of sp³-hybridized carbons (Fsp3) is 0.458. The number of methoxy groups -OCH3 is 1. The fourth-order valence-electron chi connectivity index (χ4n) is 4.32. The van der Waals surface area contributed by atoms with Gasteiger partial charge < -0.3 is 14.8 Å². The largest absolute Gasteiger partial charge is 0.468 e. The number of ether oxygens (including phenoxy) is 2. The Hall–Kier alpha value is -2.89. The molecule has 0 amide bonds. The van der Waals surface area contributed by atoms with Crippen molar-refractivity contribution in [3.05, 3.63) is 57.9 Å². The van der Waals surface area contributed by atoms with Crippen LogP contribution in [0.15, 0.2) is 46.8 Å². The van der Waals surface area contributed by atoms with E-state index >= 15 is 0 Å². The summed E-state index contributed by atoms with van der Waals surface area (Å²) >= 11 is 0. The molecule has 1 aromatic rings. The second-order valence-corrected chi connectivity index (χ2v) is 8.08. The van der Waals surface area contributed by atoms with Gasteiger partial charge in [0, 0.05) is 22.9 Å². The van der Waals surface area contributed by atoms with Crippen molar-refractivity contribution in [3.8, 4) is 0 Å². The van der Waals surface area contributed by atoms with Crippen molar-refractivity contribution in [2.75, 3.05) is 13.7 Å². The summed E-state index contributed by atoms with van der Waals surface area (Å²) < 4.78 is 10.4. The number of hydrogen-bond acceptors (Lipinski definition) is 6. The molecule has 0 radical (unpaired) electrons. The zero-order chi connectivity index (χ0) is 22.0. The maximum atomic E-state index is 13.5. The lowest BCUT2D eigenvalue weighted by Gasteiger charge is -2.38. The summed E-state index contributed by atoms with van der Waals surface area (Å²) in [4.78, 5) is 38.9. The van der Waals surface area contributed by atoms with E-state index in [0.717, 1.165) is 16.8 Å². The molecule has 0 fully saturated rings. The predicted octanol–water partition coefficient (Wildman–Crippen LogP) is 3.56. The molecule has 0 aromatic heterocycles. The first-order chi connectivity index (χ1) is 14.3. The zero-order valence-electron chi connectivity index (χ0n) is 18.2. The summed E-state index contributed by atoms with van der Waals surface area (Å²) in [6.45, 7) is 7.91. The molecule has 0 unspecified atom stereocenters. The van der Waals surface area contributed by atoms with Crippen LogP contribution in [0.4, 0.5) is 0 Å². The van der Waals surface area contributed by atoms with Gasteiger partial charge in [-0.1, -0.05) is 43.7 Å². The van der Waals surface area contributed by atoms with E-state index in [0.29, 0.717) is 36.3 Å². The summed E-state index contributed by atoms with van der Waals surface area (Å²) in [7, 11) is 1.29. The van der Waals surface area contributed by atoms with Crippen molar-refractivity contribution >= 4 is 17.7 Å². The molecule has 1 aromatic carbocycles. The Balaban J connectivity index is 2.15. The summed E-state index contributed by atoms with van der Waals surface area (Å²) in [5.41, 5.74) is 4.22. The van der Waals surface area contributed by atoms with Crippen LogP contribution >= 0.6 is 0 Å². The molecule has 30 heavy (non-hydrogen) atoms. The van der Waals surface area contributed by atoms with E-state index < -0.39 is 23.8 Å². The standard InChI is InChI=1S/C24H29NO5/c1-6-11-30-24(28)19-15(4)25-17-12-14(3)18(23(27)29-5)22(26)21(17)20(19)16-9-7-13(2)8-10-16/h7-10,14,18,20,25H,6,11-12H2,1-5H3/t14-,18-,20+/m0/s1. The fourth-order valence-corrected chi connectivity index (χ4v) is 4.32. The van der Waals surface area contributed by atoms with Crippen LogP contribution in [0.3, 0.4) is 0 Å².